The highest BCUT2D eigenvalue weighted by molar-refractivity contribution is 9.10. The summed E-state index contributed by atoms with van der Waals surface area (Å²) in [7, 11) is 1.48. The minimum Gasteiger partial charge on any atom is -0.479 e. The van der Waals surface area contributed by atoms with E-state index in [4.69, 9.17) is 4.74 Å². The molecule has 0 atom stereocenters. The Kier molecular flexibility index (Phi) is 2.76. The van der Waals surface area contributed by atoms with Crippen molar-refractivity contribution >= 4 is 15.9 Å². The number of methoxy groups -OCH3 is 1. The quantitative estimate of drug-likeness (QED) is 0.762. The van der Waals surface area contributed by atoms with Gasteiger partial charge in [0.25, 0.3) is 0 Å². The first-order valence-electron chi connectivity index (χ1n) is 2.89. The van der Waals surface area contributed by atoms with E-state index in [-0.39, 0.29) is 5.69 Å². The van der Waals surface area contributed by atoms with Crippen LogP contribution in [-0.2, 0) is 6.67 Å². The third-order valence-corrected chi connectivity index (χ3v) is 1.60. The number of hydrogen-bond acceptors (Lipinski definition) is 3. The molecule has 1 rings (SSSR count). The van der Waals surface area contributed by atoms with Crippen LogP contribution in [0, 0.1) is 0 Å². The van der Waals surface area contributed by atoms with E-state index in [2.05, 4.69) is 25.9 Å². The fourth-order valence-corrected chi connectivity index (χ4v) is 1.08. The second kappa shape index (κ2) is 3.61. The van der Waals surface area contributed by atoms with Crippen molar-refractivity contribution in [1.82, 2.24) is 9.97 Å². The van der Waals surface area contributed by atoms with Crippen molar-refractivity contribution in [3.63, 3.8) is 0 Å². The molecule has 0 saturated heterocycles. The van der Waals surface area contributed by atoms with E-state index in [1.54, 1.807) is 0 Å². The first-order valence-corrected chi connectivity index (χ1v) is 3.68. The van der Waals surface area contributed by atoms with Crippen LogP contribution < -0.4 is 4.74 Å². The Morgan fingerprint density at radius 2 is 2.45 bits per heavy atom. The zero-order chi connectivity index (χ0) is 8.27. The highest BCUT2D eigenvalue weighted by Crippen LogP contribution is 2.18. The van der Waals surface area contributed by atoms with Gasteiger partial charge in [-0.25, -0.2) is 14.4 Å². The van der Waals surface area contributed by atoms with E-state index < -0.39 is 6.67 Å². The summed E-state index contributed by atoms with van der Waals surface area (Å²) in [5, 5.41) is 0. The lowest BCUT2D eigenvalue weighted by molar-refractivity contribution is 0.389. The van der Waals surface area contributed by atoms with Crippen LogP contribution >= 0.6 is 15.9 Å². The fraction of sp³-hybridized carbons (Fsp3) is 0.333. The Hall–Kier alpha value is -0.710. The fourth-order valence-electron chi connectivity index (χ4n) is 0.590. The molecule has 0 N–H and O–H groups in total. The van der Waals surface area contributed by atoms with Crippen LogP contribution in [0.1, 0.15) is 5.69 Å². The maximum Gasteiger partial charge on any atom is 0.247 e. The Morgan fingerprint density at radius 3 is 2.91 bits per heavy atom. The van der Waals surface area contributed by atoms with E-state index in [0.29, 0.717) is 10.5 Å². The zero-order valence-electron chi connectivity index (χ0n) is 5.84. The van der Waals surface area contributed by atoms with Crippen molar-refractivity contribution in [3.05, 3.63) is 16.5 Å². The second-order valence-electron chi connectivity index (χ2n) is 1.80. The SMILES string of the molecule is COc1ncc(CF)nc1Br. The number of ether oxygens (including phenoxy) is 1. The van der Waals surface area contributed by atoms with Gasteiger partial charge in [0.1, 0.15) is 6.67 Å². The summed E-state index contributed by atoms with van der Waals surface area (Å²) in [5.41, 5.74) is 0.290. The maximum atomic E-state index is 12.0. The van der Waals surface area contributed by atoms with Crippen molar-refractivity contribution in [2.75, 3.05) is 7.11 Å². The molecule has 60 valence electrons. The molecule has 1 aromatic rings. The van der Waals surface area contributed by atoms with Gasteiger partial charge in [0.05, 0.1) is 19.0 Å². The van der Waals surface area contributed by atoms with Gasteiger partial charge < -0.3 is 4.74 Å². The number of nitrogens with zero attached hydrogens (tertiary/aromatic N) is 2. The lowest BCUT2D eigenvalue weighted by Crippen LogP contribution is -1.94. The number of rotatable bonds is 2. The third kappa shape index (κ3) is 1.86. The monoisotopic (exact) mass is 220 g/mol. The average Bonchev–Trinajstić information content (AvgIpc) is 2.04. The Labute approximate surface area is 71.7 Å². The molecule has 0 fully saturated rings. The van der Waals surface area contributed by atoms with Crippen molar-refractivity contribution < 1.29 is 9.13 Å². The van der Waals surface area contributed by atoms with Gasteiger partial charge in [-0.15, -0.1) is 0 Å². The summed E-state index contributed by atoms with van der Waals surface area (Å²) in [4.78, 5) is 7.61. The molecule has 1 aromatic heterocycles. The predicted octanol–water partition coefficient (Wildman–Crippen LogP) is 1.72. The van der Waals surface area contributed by atoms with Crippen molar-refractivity contribution in [1.29, 1.82) is 0 Å². The van der Waals surface area contributed by atoms with Gasteiger partial charge in [0.15, 0.2) is 4.60 Å². The summed E-state index contributed by atoms with van der Waals surface area (Å²) in [5.74, 6) is 0.363. The Bertz CT molecular complexity index is 256. The minimum atomic E-state index is -0.615. The average molecular weight is 221 g/mol. The van der Waals surface area contributed by atoms with Crippen LogP contribution in [0.25, 0.3) is 0 Å². The highest BCUT2D eigenvalue weighted by Gasteiger charge is 2.03. The van der Waals surface area contributed by atoms with Gasteiger partial charge in [-0.05, 0) is 15.9 Å². The molecule has 0 radical (unpaired) electrons. The molecular weight excluding hydrogens is 215 g/mol. The van der Waals surface area contributed by atoms with E-state index in [1.165, 1.54) is 13.3 Å². The van der Waals surface area contributed by atoms with Gasteiger partial charge in [-0.2, -0.15) is 0 Å². The molecule has 0 unspecified atom stereocenters. The predicted molar refractivity (Wildman–Crippen MR) is 41.1 cm³/mol. The maximum absolute atomic E-state index is 12.0. The van der Waals surface area contributed by atoms with E-state index >= 15 is 0 Å². The summed E-state index contributed by atoms with van der Waals surface area (Å²) in [6.45, 7) is -0.615. The van der Waals surface area contributed by atoms with Gasteiger partial charge >= 0.3 is 0 Å². The van der Waals surface area contributed by atoms with Gasteiger partial charge in [0.2, 0.25) is 5.88 Å². The van der Waals surface area contributed by atoms with Crippen LogP contribution in [0.5, 0.6) is 5.88 Å². The van der Waals surface area contributed by atoms with Crippen molar-refractivity contribution in [2.45, 2.75) is 6.67 Å². The second-order valence-corrected chi connectivity index (χ2v) is 2.55. The first kappa shape index (κ1) is 8.39. The topological polar surface area (TPSA) is 35.0 Å². The van der Waals surface area contributed by atoms with E-state index in [0.717, 1.165) is 0 Å². The smallest absolute Gasteiger partial charge is 0.247 e. The molecular formula is C6H6BrFN2O. The summed E-state index contributed by atoms with van der Waals surface area (Å²) >= 11 is 3.08. The van der Waals surface area contributed by atoms with Crippen LogP contribution in [0.2, 0.25) is 0 Å². The molecule has 0 aliphatic carbocycles. The third-order valence-electron chi connectivity index (χ3n) is 1.08. The summed E-state index contributed by atoms with van der Waals surface area (Å²) in [6.07, 6.45) is 1.34. The minimum absolute atomic E-state index is 0.290. The molecule has 0 spiro atoms. The van der Waals surface area contributed by atoms with Crippen LogP contribution in [0.15, 0.2) is 10.8 Å². The number of hydrogen-bond donors (Lipinski definition) is 0. The van der Waals surface area contributed by atoms with Gasteiger partial charge in [-0.3, -0.25) is 0 Å². The lowest BCUT2D eigenvalue weighted by atomic mass is 10.5. The molecule has 0 amide bonds. The molecule has 0 saturated carbocycles. The van der Waals surface area contributed by atoms with Crippen LogP contribution in [0.3, 0.4) is 0 Å². The highest BCUT2D eigenvalue weighted by atomic mass is 79.9. The first-order chi connectivity index (χ1) is 5.27. The standard InChI is InChI=1S/C6H6BrFN2O/c1-11-6-5(7)10-4(2-8)3-9-6/h3H,2H2,1H3. The van der Waals surface area contributed by atoms with Crippen molar-refractivity contribution in [2.24, 2.45) is 0 Å². The number of alkyl halides is 1. The molecule has 1 heterocycles. The molecule has 0 aliphatic heterocycles. The van der Waals surface area contributed by atoms with Crippen molar-refractivity contribution in [3.8, 4) is 5.88 Å². The molecule has 0 bridgehead atoms. The zero-order valence-corrected chi connectivity index (χ0v) is 7.43. The molecule has 0 aliphatic rings. The number of aromatic nitrogens is 2. The lowest BCUT2D eigenvalue weighted by Gasteiger charge is -2.00. The van der Waals surface area contributed by atoms with E-state index in [9.17, 15) is 4.39 Å². The summed E-state index contributed by atoms with van der Waals surface area (Å²) in [6, 6.07) is 0. The molecule has 0 aromatic carbocycles. The molecule has 5 heteroatoms. The Balaban J connectivity index is 2.99. The van der Waals surface area contributed by atoms with Gasteiger partial charge in [-0.1, -0.05) is 0 Å². The number of halogens is 2. The Morgan fingerprint density at radius 1 is 1.73 bits per heavy atom. The van der Waals surface area contributed by atoms with Crippen LogP contribution in [-0.4, -0.2) is 17.1 Å². The van der Waals surface area contributed by atoms with Crippen LogP contribution in [0.4, 0.5) is 4.39 Å². The normalized spacial score (nSPS) is 9.73. The van der Waals surface area contributed by atoms with Gasteiger partial charge in [0, 0.05) is 0 Å². The summed E-state index contributed by atoms with van der Waals surface area (Å²) < 4.78 is 17.2. The molecule has 3 nitrogen and oxygen atoms in total. The largest absolute Gasteiger partial charge is 0.479 e. The molecule has 11 heavy (non-hydrogen) atoms. The van der Waals surface area contributed by atoms with E-state index in [1.807, 2.05) is 0 Å².